The van der Waals surface area contributed by atoms with E-state index < -0.39 is 0 Å². The van der Waals surface area contributed by atoms with Gasteiger partial charge in [0.1, 0.15) is 0 Å². The lowest BCUT2D eigenvalue weighted by molar-refractivity contribution is -0.129. The molecule has 0 N–H and O–H groups in total. The fourth-order valence-corrected chi connectivity index (χ4v) is 2.25. The molecule has 0 aromatic rings. The molecule has 0 amide bonds. The number of ketones is 1. The van der Waals surface area contributed by atoms with E-state index in [-0.39, 0.29) is 5.78 Å². The molecule has 2 heteroatoms. The minimum Gasteiger partial charge on any atom is -0.295 e. The van der Waals surface area contributed by atoms with Crippen LogP contribution in [0.15, 0.2) is 12.2 Å². The largest absolute Gasteiger partial charge is 0.295 e. The van der Waals surface area contributed by atoms with Gasteiger partial charge in [0.05, 0.1) is 0 Å². The summed E-state index contributed by atoms with van der Waals surface area (Å²) in [6.45, 7) is 2.25. The summed E-state index contributed by atoms with van der Waals surface area (Å²) in [4.78, 5) is 20.9. The molecule has 0 rings (SSSR count). The first-order chi connectivity index (χ1) is 9.81. The summed E-state index contributed by atoms with van der Waals surface area (Å²) in [6, 6.07) is 0. The van der Waals surface area contributed by atoms with Crippen LogP contribution in [0.5, 0.6) is 0 Å². The van der Waals surface area contributed by atoms with Gasteiger partial charge in [0.15, 0.2) is 12.1 Å². The highest BCUT2D eigenvalue weighted by molar-refractivity contribution is 6.24. The van der Waals surface area contributed by atoms with Crippen molar-refractivity contribution in [2.45, 2.75) is 90.4 Å². The van der Waals surface area contributed by atoms with Gasteiger partial charge in [-0.2, -0.15) is 0 Å². The standard InChI is InChI=1S/C18H32O2/c1-2-3-4-5-6-7-8-9-10-11-12-13-14-15-16-18(20)17-19/h9-10,17H,2-8,11-16H2,1H3/b10-9-. The third-order valence-electron chi connectivity index (χ3n) is 3.57. The Kier molecular flexibility index (Phi) is 15.4. The van der Waals surface area contributed by atoms with Crippen LogP contribution in [0, 0.1) is 0 Å². The summed E-state index contributed by atoms with van der Waals surface area (Å²) in [5.41, 5.74) is 0. The molecule has 0 saturated heterocycles. The van der Waals surface area contributed by atoms with Gasteiger partial charge in [-0.05, 0) is 32.1 Å². The second kappa shape index (κ2) is 16.1. The molecule has 0 aliphatic heterocycles. The van der Waals surface area contributed by atoms with Crippen LogP contribution >= 0.6 is 0 Å². The summed E-state index contributed by atoms with van der Waals surface area (Å²) in [7, 11) is 0. The zero-order valence-electron chi connectivity index (χ0n) is 13.2. The molecule has 0 heterocycles. The van der Waals surface area contributed by atoms with Gasteiger partial charge >= 0.3 is 0 Å². The molecule has 0 aliphatic rings. The summed E-state index contributed by atoms with van der Waals surface area (Å²) in [6.07, 6.45) is 20.3. The monoisotopic (exact) mass is 280 g/mol. The van der Waals surface area contributed by atoms with Gasteiger partial charge in [0.25, 0.3) is 0 Å². The van der Waals surface area contributed by atoms with Crippen molar-refractivity contribution in [1.82, 2.24) is 0 Å². The molecule has 0 aromatic heterocycles. The second-order valence-corrected chi connectivity index (χ2v) is 5.56. The molecule has 2 nitrogen and oxygen atoms in total. The van der Waals surface area contributed by atoms with Gasteiger partial charge in [-0.15, -0.1) is 0 Å². The van der Waals surface area contributed by atoms with Crippen molar-refractivity contribution in [3.05, 3.63) is 12.2 Å². The van der Waals surface area contributed by atoms with Crippen molar-refractivity contribution in [2.24, 2.45) is 0 Å². The van der Waals surface area contributed by atoms with Crippen molar-refractivity contribution in [3.8, 4) is 0 Å². The molecule has 0 fully saturated rings. The van der Waals surface area contributed by atoms with E-state index >= 15 is 0 Å². The zero-order valence-corrected chi connectivity index (χ0v) is 13.2. The van der Waals surface area contributed by atoms with Crippen LogP contribution in [0.4, 0.5) is 0 Å². The van der Waals surface area contributed by atoms with Gasteiger partial charge in [0, 0.05) is 6.42 Å². The average Bonchev–Trinajstić information content (AvgIpc) is 2.47. The van der Waals surface area contributed by atoms with E-state index in [0.29, 0.717) is 12.7 Å². The maximum atomic E-state index is 10.8. The van der Waals surface area contributed by atoms with Gasteiger partial charge in [-0.25, -0.2) is 0 Å². The predicted molar refractivity (Wildman–Crippen MR) is 85.9 cm³/mol. The van der Waals surface area contributed by atoms with Gasteiger partial charge in [0.2, 0.25) is 0 Å². The molecule has 0 unspecified atom stereocenters. The maximum absolute atomic E-state index is 10.8. The highest BCUT2D eigenvalue weighted by atomic mass is 16.2. The van der Waals surface area contributed by atoms with E-state index in [4.69, 9.17) is 0 Å². The van der Waals surface area contributed by atoms with Crippen molar-refractivity contribution in [2.75, 3.05) is 0 Å². The molecule has 0 atom stereocenters. The highest BCUT2D eigenvalue weighted by Crippen LogP contribution is 2.09. The van der Waals surface area contributed by atoms with Crippen LogP contribution in [-0.2, 0) is 9.59 Å². The molecular weight excluding hydrogens is 248 g/mol. The maximum Gasteiger partial charge on any atom is 0.195 e. The molecular formula is C18H32O2. The fourth-order valence-electron chi connectivity index (χ4n) is 2.25. The summed E-state index contributed by atoms with van der Waals surface area (Å²) >= 11 is 0. The summed E-state index contributed by atoms with van der Waals surface area (Å²) in [5, 5.41) is 0. The lowest BCUT2D eigenvalue weighted by atomic mass is 10.1. The topological polar surface area (TPSA) is 34.1 Å². The molecule has 116 valence electrons. The van der Waals surface area contributed by atoms with E-state index in [9.17, 15) is 9.59 Å². The quantitative estimate of drug-likeness (QED) is 0.174. The van der Waals surface area contributed by atoms with E-state index in [1.807, 2.05) is 0 Å². The van der Waals surface area contributed by atoms with Crippen LogP contribution in [-0.4, -0.2) is 12.1 Å². The highest BCUT2D eigenvalue weighted by Gasteiger charge is 1.97. The van der Waals surface area contributed by atoms with E-state index in [1.165, 1.54) is 51.4 Å². The van der Waals surface area contributed by atoms with E-state index in [2.05, 4.69) is 19.1 Å². The number of carbonyl (C=O) groups is 2. The Balaban J connectivity index is 3.12. The lowest BCUT2D eigenvalue weighted by Gasteiger charge is -1.98. The third kappa shape index (κ3) is 15.1. The average molecular weight is 280 g/mol. The predicted octanol–water partition coefficient (Wildman–Crippen LogP) is 5.40. The molecule has 0 aliphatic carbocycles. The van der Waals surface area contributed by atoms with Gasteiger partial charge < -0.3 is 0 Å². The van der Waals surface area contributed by atoms with Crippen LogP contribution in [0.2, 0.25) is 0 Å². The normalized spacial score (nSPS) is 11.1. The van der Waals surface area contributed by atoms with Crippen LogP contribution in [0.25, 0.3) is 0 Å². The number of allylic oxidation sites excluding steroid dienone is 2. The Labute approximate surface area is 125 Å². The molecule has 20 heavy (non-hydrogen) atoms. The smallest absolute Gasteiger partial charge is 0.195 e. The zero-order chi connectivity index (χ0) is 14.9. The number of rotatable bonds is 15. The van der Waals surface area contributed by atoms with Crippen molar-refractivity contribution < 1.29 is 9.59 Å². The Morgan fingerprint density at radius 2 is 1.25 bits per heavy atom. The minimum atomic E-state index is -0.260. The lowest BCUT2D eigenvalue weighted by Crippen LogP contribution is -1.97. The number of unbranched alkanes of at least 4 members (excludes halogenated alkanes) is 10. The number of hydrogen-bond donors (Lipinski definition) is 0. The SMILES string of the molecule is CCCCCCCC/C=C\CCCCCCC(=O)C=O. The Hall–Kier alpha value is -0.920. The molecule has 0 spiro atoms. The number of hydrogen-bond acceptors (Lipinski definition) is 2. The minimum absolute atomic E-state index is 0.260. The molecule has 0 saturated carbocycles. The molecule has 0 radical (unpaired) electrons. The Morgan fingerprint density at radius 1 is 0.750 bits per heavy atom. The van der Waals surface area contributed by atoms with Crippen molar-refractivity contribution >= 4 is 12.1 Å². The van der Waals surface area contributed by atoms with Crippen LogP contribution in [0.3, 0.4) is 0 Å². The summed E-state index contributed by atoms with van der Waals surface area (Å²) < 4.78 is 0. The summed E-state index contributed by atoms with van der Waals surface area (Å²) in [5.74, 6) is -0.260. The number of carbonyl (C=O) groups excluding carboxylic acids is 2. The van der Waals surface area contributed by atoms with Crippen LogP contribution in [0.1, 0.15) is 90.4 Å². The Morgan fingerprint density at radius 3 is 1.80 bits per heavy atom. The van der Waals surface area contributed by atoms with Crippen molar-refractivity contribution in [3.63, 3.8) is 0 Å². The van der Waals surface area contributed by atoms with E-state index in [0.717, 1.165) is 25.7 Å². The van der Waals surface area contributed by atoms with Gasteiger partial charge in [-0.1, -0.05) is 64.0 Å². The second-order valence-electron chi connectivity index (χ2n) is 5.56. The fraction of sp³-hybridized carbons (Fsp3) is 0.778. The first-order valence-electron chi connectivity index (χ1n) is 8.44. The first kappa shape index (κ1) is 19.1. The van der Waals surface area contributed by atoms with Crippen LogP contribution < -0.4 is 0 Å². The first-order valence-corrected chi connectivity index (χ1v) is 8.44. The molecule has 0 bridgehead atoms. The number of Topliss-reactive ketones (excluding diaryl/α,β-unsaturated/α-hetero) is 1. The van der Waals surface area contributed by atoms with Gasteiger partial charge in [-0.3, -0.25) is 9.59 Å². The van der Waals surface area contributed by atoms with E-state index in [1.54, 1.807) is 0 Å². The molecule has 0 aromatic carbocycles. The van der Waals surface area contributed by atoms with Crippen molar-refractivity contribution in [1.29, 1.82) is 0 Å². The number of aldehydes is 1. The third-order valence-corrected chi connectivity index (χ3v) is 3.57. The Bertz CT molecular complexity index is 256.